The number of benzene rings is 1. The van der Waals surface area contributed by atoms with Crippen LogP contribution in [0.1, 0.15) is 96.0 Å². The molecule has 0 atom stereocenters. The van der Waals surface area contributed by atoms with Crippen molar-refractivity contribution in [2.24, 2.45) is 22.1 Å². The number of nitrogens with zero attached hydrogens (tertiary/aromatic N) is 3. The van der Waals surface area contributed by atoms with Crippen LogP contribution in [0.3, 0.4) is 0 Å². The van der Waals surface area contributed by atoms with Crippen LogP contribution in [0, 0.1) is 23.5 Å². The lowest BCUT2D eigenvalue weighted by Gasteiger charge is -2.29. The number of nitrogens with one attached hydrogen (secondary N) is 1. The number of hydrogen-bond acceptors (Lipinski definition) is 4. The molecule has 1 N–H and O–H groups in total. The third-order valence-corrected chi connectivity index (χ3v) is 7.94. The van der Waals surface area contributed by atoms with E-state index in [4.69, 9.17) is 0 Å². The highest BCUT2D eigenvalue weighted by molar-refractivity contribution is 5.94. The Morgan fingerprint density at radius 2 is 1.65 bits per heavy atom. The molecule has 1 heterocycles. The molecule has 2 amide bonds. The summed E-state index contributed by atoms with van der Waals surface area (Å²) in [6.45, 7) is 21.0. The Balaban J connectivity index is 0.000000396. The van der Waals surface area contributed by atoms with Gasteiger partial charge in [-0.2, -0.15) is 10.2 Å². The van der Waals surface area contributed by atoms with Crippen LogP contribution in [0.5, 0.6) is 0 Å². The summed E-state index contributed by atoms with van der Waals surface area (Å²) in [5, 5.41) is 10.3. The summed E-state index contributed by atoms with van der Waals surface area (Å²) in [6, 6.07) is 2.65. The highest BCUT2D eigenvalue weighted by Crippen LogP contribution is 2.32. The first-order valence-electron chi connectivity index (χ1n) is 16.3. The van der Waals surface area contributed by atoms with Crippen molar-refractivity contribution in [3.63, 3.8) is 0 Å². The van der Waals surface area contributed by atoms with Crippen molar-refractivity contribution in [3.8, 4) is 0 Å². The lowest BCUT2D eigenvalue weighted by Crippen LogP contribution is -2.36. The van der Waals surface area contributed by atoms with E-state index in [0.717, 1.165) is 24.9 Å². The van der Waals surface area contributed by atoms with Crippen LogP contribution in [0.15, 0.2) is 89.3 Å². The normalized spacial score (nSPS) is 16.3. The van der Waals surface area contributed by atoms with Crippen molar-refractivity contribution in [2.75, 3.05) is 26.2 Å². The van der Waals surface area contributed by atoms with Gasteiger partial charge in [0.1, 0.15) is 0 Å². The third-order valence-electron chi connectivity index (χ3n) is 7.94. The minimum atomic E-state index is -1.17. The Hall–Kier alpha value is -3.94. The van der Waals surface area contributed by atoms with Gasteiger partial charge in [-0.3, -0.25) is 9.59 Å². The molecular formula is C38H54F2N4O2. The predicted octanol–water partition coefficient (Wildman–Crippen LogP) is 9.79. The molecule has 1 saturated heterocycles. The molecule has 1 aromatic rings. The number of piperidine rings is 1. The average molecular weight is 637 g/mol. The predicted molar refractivity (Wildman–Crippen MR) is 187 cm³/mol. The fourth-order valence-corrected chi connectivity index (χ4v) is 4.76. The summed E-state index contributed by atoms with van der Waals surface area (Å²) in [5.41, 5.74) is 2.20. The van der Waals surface area contributed by atoms with Crippen LogP contribution in [0.25, 0.3) is 5.57 Å². The van der Waals surface area contributed by atoms with Crippen molar-refractivity contribution >= 4 is 17.4 Å². The Labute approximate surface area is 275 Å². The van der Waals surface area contributed by atoms with Gasteiger partial charge < -0.3 is 10.2 Å². The van der Waals surface area contributed by atoms with E-state index in [-0.39, 0.29) is 17.0 Å². The highest BCUT2D eigenvalue weighted by atomic mass is 19.2. The van der Waals surface area contributed by atoms with Gasteiger partial charge in [0, 0.05) is 32.1 Å². The first-order valence-corrected chi connectivity index (χ1v) is 16.3. The van der Waals surface area contributed by atoms with Crippen LogP contribution in [-0.2, 0) is 4.79 Å². The molecule has 2 aliphatic rings. The molecule has 0 spiro atoms. The van der Waals surface area contributed by atoms with Gasteiger partial charge in [-0.25, -0.2) is 8.78 Å². The Kier molecular flexibility index (Phi) is 19.6. The molecule has 1 aliphatic heterocycles. The maximum absolute atomic E-state index is 14.3. The molecule has 46 heavy (non-hydrogen) atoms. The van der Waals surface area contributed by atoms with E-state index >= 15 is 0 Å². The Bertz CT molecular complexity index is 1300. The number of likely N-dealkylation sites (tertiary alicyclic amines) is 1. The maximum Gasteiger partial charge on any atom is 0.254 e. The van der Waals surface area contributed by atoms with Crippen molar-refractivity contribution in [3.05, 3.63) is 102 Å². The second-order valence-electron chi connectivity index (χ2n) is 11.5. The van der Waals surface area contributed by atoms with E-state index in [2.05, 4.69) is 54.7 Å². The molecule has 1 aliphatic carbocycles. The zero-order valence-corrected chi connectivity index (χ0v) is 28.8. The van der Waals surface area contributed by atoms with E-state index in [1.165, 1.54) is 56.2 Å². The summed E-state index contributed by atoms with van der Waals surface area (Å²) in [7, 11) is 0. The van der Waals surface area contributed by atoms with Crippen LogP contribution in [0.2, 0.25) is 0 Å². The van der Waals surface area contributed by atoms with Gasteiger partial charge in [0.25, 0.3) is 5.91 Å². The molecule has 3 rings (SSSR count). The number of hydrogen-bond donors (Lipinski definition) is 1. The standard InChI is InChI=1S/C18H21F2N3O.C12H18.C8H15NO/c1-5-10-22-23-13(6-2)11-12(4)14-8-9-15(17(20)16(14)19)18(24)21-7-3;1-3-5-7-11(4-2)10-12-8-6-9-12;1-7-3-5-9(6-4-7)8(2)10/h5-6,8-9,11H,1,7,10H2,2-4H3,(H,21,24);3-5,7,12H,1,6,8-10H2,2H3;7H,3-6H2,1-2H3/b12-11+,13-6-,23-22?;7-5-,11-4+;. The van der Waals surface area contributed by atoms with E-state index in [1.807, 2.05) is 17.1 Å². The summed E-state index contributed by atoms with van der Waals surface area (Å²) in [4.78, 5) is 24.5. The number of amides is 2. The smallest absolute Gasteiger partial charge is 0.254 e. The maximum atomic E-state index is 14.3. The topological polar surface area (TPSA) is 74.1 Å². The summed E-state index contributed by atoms with van der Waals surface area (Å²) in [5.74, 6) is -0.866. The van der Waals surface area contributed by atoms with Gasteiger partial charge in [-0.1, -0.05) is 80.9 Å². The lowest BCUT2D eigenvalue weighted by atomic mass is 9.81. The second-order valence-corrected chi connectivity index (χ2v) is 11.5. The summed E-state index contributed by atoms with van der Waals surface area (Å²) < 4.78 is 28.4. The van der Waals surface area contributed by atoms with Gasteiger partial charge in [0.2, 0.25) is 5.91 Å². The zero-order chi connectivity index (χ0) is 34.5. The van der Waals surface area contributed by atoms with Crippen molar-refractivity contribution in [1.82, 2.24) is 10.2 Å². The monoisotopic (exact) mass is 636 g/mol. The van der Waals surface area contributed by atoms with E-state index < -0.39 is 17.5 Å². The molecule has 1 aromatic carbocycles. The van der Waals surface area contributed by atoms with Crippen molar-refractivity contribution in [1.29, 1.82) is 0 Å². The van der Waals surface area contributed by atoms with E-state index in [1.54, 1.807) is 45.9 Å². The third kappa shape index (κ3) is 14.4. The quantitative estimate of drug-likeness (QED) is 0.149. The van der Waals surface area contributed by atoms with Gasteiger partial charge in [-0.05, 0) is 76.5 Å². The van der Waals surface area contributed by atoms with Gasteiger partial charge in [0.15, 0.2) is 11.6 Å². The molecule has 6 nitrogen and oxygen atoms in total. The molecule has 0 radical (unpaired) electrons. The second kappa shape index (κ2) is 22.5. The zero-order valence-electron chi connectivity index (χ0n) is 28.8. The summed E-state index contributed by atoms with van der Waals surface area (Å²) in [6.07, 6.45) is 21.1. The molecule has 0 aromatic heterocycles. The molecule has 2 fully saturated rings. The average Bonchev–Trinajstić information content (AvgIpc) is 3.02. The first kappa shape index (κ1) is 40.1. The Morgan fingerprint density at radius 1 is 1.02 bits per heavy atom. The highest BCUT2D eigenvalue weighted by Gasteiger charge is 2.19. The van der Waals surface area contributed by atoms with Crippen LogP contribution in [-0.4, -0.2) is 42.9 Å². The van der Waals surface area contributed by atoms with Gasteiger partial charge in [-0.15, -0.1) is 6.58 Å². The van der Waals surface area contributed by atoms with Crippen molar-refractivity contribution < 1.29 is 18.4 Å². The van der Waals surface area contributed by atoms with Gasteiger partial charge in [0.05, 0.1) is 17.8 Å². The fourth-order valence-electron chi connectivity index (χ4n) is 4.76. The van der Waals surface area contributed by atoms with Crippen LogP contribution >= 0.6 is 0 Å². The number of halogens is 2. The van der Waals surface area contributed by atoms with Crippen LogP contribution in [0.4, 0.5) is 8.78 Å². The number of azo groups is 1. The number of allylic oxidation sites excluding steroid dienone is 8. The lowest BCUT2D eigenvalue weighted by molar-refractivity contribution is -0.130. The number of carbonyl (C=O) groups is 2. The molecular weight excluding hydrogens is 582 g/mol. The minimum Gasteiger partial charge on any atom is -0.352 e. The van der Waals surface area contributed by atoms with E-state index in [0.29, 0.717) is 24.4 Å². The molecule has 1 saturated carbocycles. The van der Waals surface area contributed by atoms with Gasteiger partial charge >= 0.3 is 0 Å². The molecule has 8 heteroatoms. The fraction of sp³-hybridized carbons (Fsp3) is 0.474. The minimum absolute atomic E-state index is 0.0684. The van der Waals surface area contributed by atoms with E-state index in [9.17, 15) is 18.4 Å². The van der Waals surface area contributed by atoms with Crippen molar-refractivity contribution in [2.45, 2.75) is 80.1 Å². The number of carbonyl (C=O) groups excluding carboxylic acids is 2. The first-order chi connectivity index (χ1) is 22.0. The largest absolute Gasteiger partial charge is 0.352 e. The SMILES string of the molecule is C=C/C=C\C(=C/C)CC1CCC1.C=CCN=NC(=C\C)/C=C(\C)c1ccc(C(=O)NCC)c(F)c1F.CC(=O)N1CCC(C)CC1. The van der Waals surface area contributed by atoms with Crippen LogP contribution < -0.4 is 5.32 Å². The summed E-state index contributed by atoms with van der Waals surface area (Å²) >= 11 is 0. The number of rotatable bonds is 11. The molecule has 0 bridgehead atoms. The molecule has 0 unspecified atom stereocenters. The Morgan fingerprint density at radius 3 is 2.15 bits per heavy atom. The molecule has 252 valence electrons.